The number of nitrogens with zero attached hydrogens (tertiary/aromatic N) is 1. The molecule has 4 N–H and O–H groups in total. The van der Waals surface area contributed by atoms with Gasteiger partial charge < -0.3 is 16.2 Å². The Labute approximate surface area is 144 Å². The van der Waals surface area contributed by atoms with Crippen molar-refractivity contribution in [3.63, 3.8) is 0 Å². The average Bonchev–Trinajstić information content (AvgIpc) is 2.93. The van der Waals surface area contributed by atoms with E-state index in [4.69, 9.17) is 16.2 Å². The molecule has 0 fully saturated rings. The summed E-state index contributed by atoms with van der Waals surface area (Å²) >= 11 is 0. The van der Waals surface area contributed by atoms with Crippen LogP contribution in [0.3, 0.4) is 0 Å². The van der Waals surface area contributed by atoms with Crippen LogP contribution in [0.4, 0.5) is 8.78 Å². The molecule has 25 heavy (non-hydrogen) atoms. The van der Waals surface area contributed by atoms with E-state index in [1.54, 1.807) is 6.92 Å². The highest BCUT2D eigenvalue weighted by atomic mass is 19.1. The highest BCUT2D eigenvalue weighted by Gasteiger charge is 2.45. The maximum Gasteiger partial charge on any atom is 0.231 e. The van der Waals surface area contributed by atoms with Gasteiger partial charge in [0.05, 0.1) is 5.69 Å². The largest absolute Gasteiger partial charge is 0.489 e. The van der Waals surface area contributed by atoms with Crippen molar-refractivity contribution in [3.8, 4) is 17.0 Å². The number of halogens is 2. The fourth-order valence-corrected chi connectivity index (χ4v) is 2.76. The molecule has 0 saturated heterocycles. The third kappa shape index (κ3) is 2.74. The van der Waals surface area contributed by atoms with Gasteiger partial charge in [0.1, 0.15) is 29.3 Å². The molecule has 0 radical (unpaired) electrons. The molecular weight excluding hydrogens is 328 g/mol. The van der Waals surface area contributed by atoms with E-state index in [-0.39, 0.29) is 18.8 Å². The fraction of sp³-hybridized carbons (Fsp3) is 0.333. The van der Waals surface area contributed by atoms with Gasteiger partial charge in [0, 0.05) is 17.7 Å². The molecule has 3 rings (SSSR count). The Morgan fingerprint density at radius 1 is 1.40 bits per heavy atom. The second kappa shape index (κ2) is 5.77. The first-order valence-electron chi connectivity index (χ1n) is 7.82. The monoisotopic (exact) mass is 347 g/mol. The smallest absolute Gasteiger partial charge is 0.231 e. The number of ether oxygens (including phenoxy) is 1. The summed E-state index contributed by atoms with van der Waals surface area (Å²) in [7, 11) is 0. The predicted octanol–water partition coefficient (Wildman–Crippen LogP) is 2.17. The number of benzene rings is 1. The molecule has 1 aromatic carbocycles. The van der Waals surface area contributed by atoms with Gasteiger partial charge >= 0.3 is 0 Å². The molecule has 7 heteroatoms. The third-order valence-electron chi connectivity index (χ3n) is 4.65. The van der Waals surface area contributed by atoms with Crippen molar-refractivity contribution in [2.24, 2.45) is 11.5 Å². The molecule has 2 aromatic rings. The maximum atomic E-state index is 14.8. The lowest BCUT2D eigenvalue weighted by molar-refractivity contribution is -0.123. The number of amides is 1. The van der Waals surface area contributed by atoms with Crippen molar-refractivity contribution in [3.05, 3.63) is 47.4 Å². The molecular formula is C18H19F2N3O2. The Kier molecular flexibility index (Phi) is 3.99. The van der Waals surface area contributed by atoms with Crippen molar-refractivity contribution in [1.82, 2.24) is 4.98 Å². The Bertz CT molecular complexity index is 837. The van der Waals surface area contributed by atoms with Crippen molar-refractivity contribution >= 4 is 5.91 Å². The lowest BCUT2D eigenvalue weighted by Crippen LogP contribution is -2.40. The van der Waals surface area contributed by atoms with Crippen LogP contribution in [0.25, 0.3) is 11.3 Å². The van der Waals surface area contributed by atoms with E-state index in [1.807, 2.05) is 0 Å². The van der Waals surface area contributed by atoms with Crippen LogP contribution in [0.5, 0.6) is 5.75 Å². The molecule has 2 atom stereocenters. The summed E-state index contributed by atoms with van der Waals surface area (Å²) in [6.07, 6.45) is 0. The van der Waals surface area contributed by atoms with Gasteiger partial charge in [-0.15, -0.1) is 0 Å². The zero-order chi connectivity index (χ0) is 18.4. The molecule has 1 aliphatic rings. The zero-order valence-corrected chi connectivity index (χ0v) is 14.0. The Morgan fingerprint density at radius 3 is 2.60 bits per heavy atom. The van der Waals surface area contributed by atoms with E-state index in [1.165, 1.54) is 37.3 Å². The third-order valence-corrected chi connectivity index (χ3v) is 4.65. The molecule has 2 heterocycles. The molecule has 132 valence electrons. The summed E-state index contributed by atoms with van der Waals surface area (Å²) in [6, 6.07) is 7.06. The van der Waals surface area contributed by atoms with Crippen LogP contribution in [-0.4, -0.2) is 24.0 Å². The zero-order valence-electron chi connectivity index (χ0n) is 14.0. The van der Waals surface area contributed by atoms with Gasteiger partial charge in [-0.25, -0.2) is 13.8 Å². The average molecular weight is 347 g/mol. The van der Waals surface area contributed by atoms with Crippen molar-refractivity contribution in [2.75, 3.05) is 13.2 Å². The van der Waals surface area contributed by atoms with Gasteiger partial charge in [-0.3, -0.25) is 4.79 Å². The summed E-state index contributed by atoms with van der Waals surface area (Å²) in [6.45, 7) is 2.70. The van der Waals surface area contributed by atoms with Crippen LogP contribution in [0.2, 0.25) is 0 Å². The first-order valence-corrected chi connectivity index (χ1v) is 7.82. The number of fused-ring (bicyclic) bond motifs is 1. The van der Waals surface area contributed by atoms with Crippen LogP contribution < -0.4 is 16.2 Å². The van der Waals surface area contributed by atoms with E-state index in [2.05, 4.69) is 4.98 Å². The van der Waals surface area contributed by atoms with Crippen LogP contribution in [-0.2, 0) is 15.9 Å². The Hall–Kier alpha value is -2.54. The number of carbonyl (C=O) groups excluding carboxylic acids is 1. The van der Waals surface area contributed by atoms with E-state index in [0.717, 1.165) is 0 Å². The lowest BCUT2D eigenvalue weighted by atomic mass is 9.82. The number of primary amides is 1. The van der Waals surface area contributed by atoms with Gasteiger partial charge in [0.15, 0.2) is 5.67 Å². The molecule has 5 nitrogen and oxygen atoms in total. The highest BCUT2D eigenvalue weighted by molar-refractivity contribution is 5.90. The lowest BCUT2D eigenvalue weighted by Gasteiger charge is -2.23. The number of rotatable bonds is 4. The van der Waals surface area contributed by atoms with Gasteiger partial charge in [0.25, 0.3) is 0 Å². The van der Waals surface area contributed by atoms with Gasteiger partial charge in [-0.1, -0.05) is 0 Å². The van der Waals surface area contributed by atoms with Crippen molar-refractivity contribution in [2.45, 2.75) is 24.9 Å². The van der Waals surface area contributed by atoms with Crippen LogP contribution in [0.1, 0.15) is 25.1 Å². The summed E-state index contributed by atoms with van der Waals surface area (Å²) in [4.78, 5) is 16.3. The fourth-order valence-electron chi connectivity index (χ4n) is 2.76. The van der Waals surface area contributed by atoms with Gasteiger partial charge in [0.2, 0.25) is 5.91 Å². The summed E-state index contributed by atoms with van der Waals surface area (Å²) in [5, 5.41) is 0. The van der Waals surface area contributed by atoms with Gasteiger partial charge in [-0.2, -0.15) is 0 Å². The maximum absolute atomic E-state index is 14.8. The normalized spacial score (nSPS) is 21.3. The molecule has 1 aromatic heterocycles. The topological polar surface area (TPSA) is 91.2 Å². The van der Waals surface area contributed by atoms with Crippen LogP contribution >= 0.6 is 0 Å². The Morgan fingerprint density at radius 2 is 2.04 bits per heavy atom. The number of aromatic nitrogens is 1. The van der Waals surface area contributed by atoms with Crippen molar-refractivity contribution < 1.29 is 18.3 Å². The van der Waals surface area contributed by atoms with E-state index in [0.29, 0.717) is 22.6 Å². The first-order chi connectivity index (χ1) is 11.7. The quantitative estimate of drug-likeness (QED) is 0.887. The van der Waals surface area contributed by atoms with E-state index in [9.17, 15) is 13.6 Å². The minimum absolute atomic E-state index is 0.0304. The van der Waals surface area contributed by atoms with Crippen molar-refractivity contribution in [1.29, 1.82) is 0 Å². The first kappa shape index (κ1) is 17.3. The number of pyridine rings is 1. The molecule has 1 aliphatic heterocycles. The second-order valence-corrected chi connectivity index (χ2v) is 6.63. The minimum atomic E-state index is -1.90. The molecule has 0 bridgehead atoms. The summed E-state index contributed by atoms with van der Waals surface area (Å²) < 4.78 is 33.7. The van der Waals surface area contributed by atoms with Crippen LogP contribution in [0.15, 0.2) is 30.3 Å². The molecule has 0 spiro atoms. The standard InChI is InChI=1S/C18H19F2N3O2/c1-17(16(22)24)9-25-15-12(17)7-13(18(2,20)8-21)23-14(15)10-3-5-11(19)6-4-10/h3-7H,8-9,21H2,1-2H3,(H2,22,24)/t17-,18-/m0/s1. The van der Waals surface area contributed by atoms with E-state index >= 15 is 0 Å². The Balaban J connectivity index is 2.29. The highest BCUT2D eigenvalue weighted by Crippen LogP contribution is 2.45. The number of hydrogen-bond donors (Lipinski definition) is 2. The van der Waals surface area contributed by atoms with Gasteiger partial charge in [-0.05, 0) is 44.2 Å². The minimum Gasteiger partial charge on any atom is -0.489 e. The number of alkyl halides is 1. The predicted molar refractivity (Wildman–Crippen MR) is 89.2 cm³/mol. The van der Waals surface area contributed by atoms with Crippen LogP contribution in [0, 0.1) is 5.82 Å². The second-order valence-electron chi connectivity index (χ2n) is 6.63. The number of carbonyl (C=O) groups is 1. The molecule has 0 unspecified atom stereocenters. The SMILES string of the molecule is C[C@](F)(CN)c1cc2c(c(-c3ccc(F)cc3)n1)OC[C@]2(C)C(N)=O. The summed E-state index contributed by atoms with van der Waals surface area (Å²) in [5.74, 6) is -0.636. The molecule has 0 saturated carbocycles. The van der Waals surface area contributed by atoms with E-state index < -0.39 is 22.8 Å². The molecule has 0 aliphatic carbocycles. The molecule has 1 amide bonds. The number of nitrogens with two attached hydrogens (primary N) is 2. The summed E-state index contributed by atoms with van der Waals surface area (Å²) in [5.41, 5.74) is 9.48. The number of hydrogen-bond acceptors (Lipinski definition) is 4.